The molecule has 0 aliphatic carbocycles. The first-order valence-corrected chi connectivity index (χ1v) is 22.6. The van der Waals surface area contributed by atoms with Crippen molar-refractivity contribution in [2.45, 2.75) is 51.3 Å². The summed E-state index contributed by atoms with van der Waals surface area (Å²) in [5.74, 6) is -0.0469. The molecule has 2 aromatic carbocycles. The molecule has 0 spiro atoms. The van der Waals surface area contributed by atoms with Crippen molar-refractivity contribution < 1.29 is 46.8 Å². The van der Waals surface area contributed by atoms with Crippen LogP contribution in [0.2, 0.25) is 0 Å². The number of carbonyl (C=O) groups is 2. The van der Waals surface area contributed by atoms with Crippen molar-refractivity contribution in [3.8, 4) is 28.7 Å². The van der Waals surface area contributed by atoms with Gasteiger partial charge in [0.1, 0.15) is 5.75 Å². The van der Waals surface area contributed by atoms with Crippen molar-refractivity contribution in [3.63, 3.8) is 0 Å². The normalized spacial score (nSPS) is 14.4. The molecule has 5 aromatic rings. The van der Waals surface area contributed by atoms with E-state index in [0.717, 1.165) is 5.69 Å². The number of nitro groups is 2. The van der Waals surface area contributed by atoms with E-state index in [2.05, 4.69) is 15.0 Å². The van der Waals surface area contributed by atoms with Crippen molar-refractivity contribution in [2.75, 3.05) is 60.7 Å². The van der Waals surface area contributed by atoms with E-state index in [1.807, 2.05) is 27.8 Å². The Kier molecular flexibility index (Phi) is 15.5. The third-order valence-electron chi connectivity index (χ3n) is 10.7. The zero-order valence-electron chi connectivity index (χ0n) is 36.0. The molecule has 0 unspecified atom stereocenters. The summed E-state index contributed by atoms with van der Waals surface area (Å²) in [5.41, 5.74) is 6.36. The Labute approximate surface area is 374 Å². The molecule has 2 N–H and O–H groups in total. The molecule has 65 heavy (non-hydrogen) atoms. The van der Waals surface area contributed by atoms with Crippen LogP contribution in [0.3, 0.4) is 0 Å². The molecule has 22 heteroatoms. The maximum Gasteiger partial charge on any atom is 0.353 e. The first-order valence-electron chi connectivity index (χ1n) is 20.9. The molecule has 2 aliphatic rings. The van der Waals surface area contributed by atoms with Gasteiger partial charge in [-0.1, -0.05) is 6.92 Å². The number of sulfone groups is 1. The minimum Gasteiger partial charge on any atom is -0.466 e. The Morgan fingerprint density at radius 1 is 0.723 bits per heavy atom. The lowest BCUT2D eigenvalue weighted by Gasteiger charge is -2.31. The number of ether oxygens (including phenoxy) is 4. The van der Waals surface area contributed by atoms with E-state index in [1.54, 1.807) is 43.4 Å². The first kappa shape index (κ1) is 47.1. The molecular weight excluding hydrogens is 867 g/mol. The van der Waals surface area contributed by atoms with Gasteiger partial charge in [-0.05, 0) is 82.0 Å². The largest absolute Gasteiger partial charge is 0.466 e. The van der Waals surface area contributed by atoms with E-state index in [1.165, 1.54) is 49.6 Å². The summed E-state index contributed by atoms with van der Waals surface area (Å²) in [4.78, 5) is 62.8. The molecule has 2 aliphatic heterocycles. The minimum atomic E-state index is -3.46. The number of nitrogens with zero attached hydrogens (tertiary/aromatic N) is 8. The van der Waals surface area contributed by atoms with E-state index in [4.69, 9.17) is 24.7 Å². The Bertz CT molecular complexity index is 2580. The number of anilines is 3. The highest BCUT2D eigenvalue weighted by atomic mass is 32.2. The topological polar surface area (TPSA) is 268 Å². The van der Waals surface area contributed by atoms with Crippen LogP contribution < -0.4 is 25.0 Å². The van der Waals surface area contributed by atoms with E-state index in [0.29, 0.717) is 70.8 Å². The van der Waals surface area contributed by atoms with Gasteiger partial charge in [0.25, 0.3) is 0 Å². The summed E-state index contributed by atoms with van der Waals surface area (Å²) >= 11 is 0. The zero-order chi connectivity index (χ0) is 46.7. The average molecular weight is 916 g/mol. The Balaban J connectivity index is 0.000000215. The van der Waals surface area contributed by atoms with Crippen LogP contribution in [0.4, 0.5) is 28.7 Å². The number of rotatable bonds is 15. The molecule has 7 rings (SSSR count). The zero-order valence-corrected chi connectivity index (χ0v) is 36.8. The monoisotopic (exact) mass is 915 g/mol. The summed E-state index contributed by atoms with van der Waals surface area (Å²) in [5, 5.41) is 23.8. The van der Waals surface area contributed by atoms with Crippen molar-refractivity contribution in [3.05, 3.63) is 106 Å². The van der Waals surface area contributed by atoms with Crippen LogP contribution >= 0.6 is 0 Å². The van der Waals surface area contributed by atoms with Crippen molar-refractivity contribution in [1.82, 2.24) is 19.5 Å². The van der Waals surface area contributed by atoms with Crippen LogP contribution in [0, 0.1) is 32.1 Å². The van der Waals surface area contributed by atoms with Crippen molar-refractivity contribution >= 4 is 50.5 Å². The molecule has 2 saturated heterocycles. The summed E-state index contributed by atoms with van der Waals surface area (Å²) in [7, 11) is -3.46. The fourth-order valence-electron chi connectivity index (χ4n) is 7.32. The van der Waals surface area contributed by atoms with Crippen LogP contribution in [0.15, 0.2) is 90.6 Å². The number of carbonyl (C=O) groups excluding carboxylic acids is 2. The molecule has 0 atom stereocenters. The Hall–Kier alpha value is -7.36. The Morgan fingerprint density at radius 3 is 1.66 bits per heavy atom. The van der Waals surface area contributed by atoms with Gasteiger partial charge in [0.05, 0.1) is 57.6 Å². The number of nitrogens with two attached hydrogens (primary N) is 1. The number of aromatic nitrogens is 4. The second kappa shape index (κ2) is 21.3. The van der Waals surface area contributed by atoms with Crippen LogP contribution in [-0.4, -0.2) is 94.9 Å². The van der Waals surface area contributed by atoms with Gasteiger partial charge in [-0.25, -0.2) is 23.4 Å². The highest BCUT2D eigenvalue weighted by molar-refractivity contribution is 7.91. The van der Waals surface area contributed by atoms with Crippen LogP contribution in [0.25, 0.3) is 5.69 Å². The second-order valence-corrected chi connectivity index (χ2v) is 17.1. The molecular formula is C43H49N9O12S. The number of esters is 2. The van der Waals surface area contributed by atoms with Gasteiger partial charge in [-0.15, -0.1) is 0 Å². The first-order chi connectivity index (χ1) is 31.2. The number of pyridine rings is 2. The van der Waals surface area contributed by atoms with Crippen LogP contribution in [0.5, 0.6) is 23.0 Å². The molecule has 344 valence electrons. The van der Waals surface area contributed by atoms with Gasteiger partial charge in [0, 0.05) is 68.8 Å². The lowest BCUT2D eigenvalue weighted by atomic mass is 9.97. The summed E-state index contributed by atoms with van der Waals surface area (Å²) in [6.45, 7) is 7.42. The lowest BCUT2D eigenvalue weighted by molar-refractivity contribution is -0.385. The third-order valence-corrected chi connectivity index (χ3v) is 12.5. The highest BCUT2D eigenvalue weighted by Gasteiger charge is 2.34. The van der Waals surface area contributed by atoms with Gasteiger partial charge in [-0.2, -0.15) is 0 Å². The number of nitrogen functional groups attached to an aromatic ring is 1. The maximum absolute atomic E-state index is 12.1. The summed E-state index contributed by atoms with van der Waals surface area (Å²) in [6, 6.07) is 14.0. The van der Waals surface area contributed by atoms with Crippen molar-refractivity contribution in [2.24, 2.45) is 11.8 Å². The molecule has 0 saturated carbocycles. The molecule has 21 nitrogen and oxygen atoms in total. The SMILES string of the molecule is CCOC(=O)C1CCN(c2nccc(Oc3ccc(-n4ccnc4)cc3)c2[N+](=O)[O-])CC1.CCOC(=O)C1CCN(c2nccc(Oc3ccc(S(=O)(=O)CC)cc3N)c2[N+](=O)[O-])CC1. The third kappa shape index (κ3) is 11.4. The standard InChI is InChI=1S/C22H23N5O5.C21H26N4O7S/c1-2-31-22(28)16-8-12-25(13-9-16)21-20(27(29)30)19(7-10-24-21)32-18-5-3-17(4-6-18)26-14-11-23-15-26;1-3-31-21(26)14-8-11-24(12-9-14)20-19(25(27)28)18(7-10-23-20)32-17-6-5-15(13-16(17)22)33(29,30)4-2/h3-7,10-11,14-16H,2,8-9,12-13H2,1H3;5-7,10,13-14H,3-4,8-9,11-12,22H2,1-2H3. The number of hydrogen-bond donors (Lipinski definition) is 1. The van der Waals surface area contributed by atoms with E-state index in [-0.39, 0.29) is 80.4 Å². The molecule has 3 aromatic heterocycles. The van der Waals surface area contributed by atoms with Gasteiger partial charge < -0.3 is 39.0 Å². The highest BCUT2D eigenvalue weighted by Crippen LogP contribution is 2.42. The van der Waals surface area contributed by atoms with Gasteiger partial charge >= 0.3 is 23.3 Å². The predicted molar refractivity (Wildman–Crippen MR) is 237 cm³/mol. The van der Waals surface area contributed by atoms with Crippen LogP contribution in [-0.2, 0) is 28.9 Å². The van der Waals surface area contributed by atoms with Crippen molar-refractivity contribution in [1.29, 1.82) is 0 Å². The van der Waals surface area contributed by atoms with Crippen LogP contribution in [0.1, 0.15) is 46.5 Å². The fraction of sp³-hybridized carbons (Fsp3) is 0.372. The van der Waals surface area contributed by atoms with Gasteiger partial charge in [0.15, 0.2) is 15.6 Å². The predicted octanol–water partition coefficient (Wildman–Crippen LogP) is 6.68. The van der Waals surface area contributed by atoms with E-state index >= 15 is 0 Å². The summed E-state index contributed by atoms with van der Waals surface area (Å²) in [6.07, 6.45) is 10.2. The van der Waals surface area contributed by atoms with E-state index in [9.17, 15) is 38.2 Å². The number of imidazole rings is 1. The molecule has 2 fully saturated rings. The fourth-order valence-corrected chi connectivity index (χ4v) is 8.24. The Morgan fingerprint density at radius 2 is 1.23 bits per heavy atom. The number of hydrogen-bond acceptors (Lipinski definition) is 18. The molecule has 0 bridgehead atoms. The molecule has 5 heterocycles. The quantitative estimate of drug-likeness (QED) is 0.0496. The second-order valence-electron chi connectivity index (χ2n) is 14.8. The minimum absolute atomic E-state index is 0.0347. The number of piperidine rings is 2. The summed E-state index contributed by atoms with van der Waals surface area (Å²) < 4.78 is 47.7. The van der Waals surface area contributed by atoms with Gasteiger partial charge in [-0.3, -0.25) is 29.8 Å². The maximum atomic E-state index is 12.1. The smallest absolute Gasteiger partial charge is 0.353 e. The molecule has 0 radical (unpaired) electrons. The average Bonchev–Trinajstić information content (AvgIpc) is 3.86. The van der Waals surface area contributed by atoms with E-state index < -0.39 is 19.7 Å². The van der Waals surface area contributed by atoms with Gasteiger partial charge in [0.2, 0.25) is 23.1 Å². The number of benzene rings is 2. The molecule has 0 amide bonds. The lowest BCUT2D eigenvalue weighted by Crippen LogP contribution is -2.37.